The van der Waals surface area contributed by atoms with Crippen LogP contribution in [0.2, 0.25) is 0 Å². The first-order valence-electron chi connectivity index (χ1n) is 25.4. The summed E-state index contributed by atoms with van der Waals surface area (Å²) in [6, 6.07) is 11.4. The Bertz CT molecular complexity index is 1480. The highest BCUT2D eigenvalue weighted by Gasteiger charge is 2.24. The van der Waals surface area contributed by atoms with Gasteiger partial charge in [-0.3, -0.25) is 19.2 Å². The molecule has 0 fully saturated rings. The Hall–Kier alpha value is -3.56. The van der Waals surface area contributed by atoms with Crippen molar-refractivity contribution < 1.29 is 86.1 Å². The Balaban J connectivity index is 0.00000429. The highest BCUT2D eigenvalue weighted by molar-refractivity contribution is 5.88. The fourth-order valence-electron chi connectivity index (χ4n) is 7.61. The molecule has 20 heteroatoms. The largest absolute Gasteiger partial charge is 0.354 e. The summed E-state index contributed by atoms with van der Waals surface area (Å²) >= 11 is 0. The molecule has 2 aromatic rings. The molecule has 0 aliphatic rings. The SMILES string of the molecule is CC(C)[C@@H](NC(=O)CCCCCCCCCC[n+]1ccccc1)C(=O)NCCCCCCCCNC(=O)[C@H](NC(=O)CCCCCCCCCC[n+]1ccccc1)C(C)C.[O-][Cl+3]([O-])([O-])[O-].[O-][Cl+3]([O-])([O-])[O-]. The molecule has 0 saturated heterocycles. The molecule has 2 atom stereocenters. The third-order valence-electron chi connectivity index (χ3n) is 11.4. The van der Waals surface area contributed by atoms with Gasteiger partial charge in [0.25, 0.3) is 0 Å². The van der Waals surface area contributed by atoms with Crippen molar-refractivity contribution in [1.29, 1.82) is 0 Å². The van der Waals surface area contributed by atoms with Crippen LogP contribution in [0.1, 0.15) is 182 Å². The lowest BCUT2D eigenvalue weighted by Gasteiger charge is -2.22. The van der Waals surface area contributed by atoms with Crippen molar-refractivity contribution in [3.05, 3.63) is 61.2 Å². The van der Waals surface area contributed by atoms with Crippen molar-refractivity contribution >= 4 is 23.6 Å². The molecule has 0 aliphatic carbocycles. The Morgan fingerprint density at radius 1 is 0.386 bits per heavy atom. The van der Waals surface area contributed by atoms with E-state index in [2.05, 4.69) is 79.5 Å². The minimum Gasteiger partial charge on any atom is -0.354 e. The van der Waals surface area contributed by atoms with E-state index in [1.165, 1.54) is 64.2 Å². The summed E-state index contributed by atoms with van der Waals surface area (Å²) in [6.45, 7) is 11.3. The van der Waals surface area contributed by atoms with Gasteiger partial charge in [0.05, 0.1) is 0 Å². The molecule has 0 radical (unpaired) electrons. The van der Waals surface area contributed by atoms with Gasteiger partial charge in [-0.2, -0.15) is 0 Å². The summed E-state index contributed by atoms with van der Waals surface area (Å²) in [5.41, 5.74) is 0. The van der Waals surface area contributed by atoms with Crippen molar-refractivity contribution in [3.63, 3.8) is 0 Å². The highest BCUT2D eigenvalue weighted by atomic mass is 35.7. The fraction of sp³-hybridized carbons (Fsp3) is 0.720. The molecule has 2 heterocycles. The zero-order valence-electron chi connectivity index (χ0n) is 42.4. The summed E-state index contributed by atoms with van der Waals surface area (Å²) in [5, 5.41) is 12.0. The number of carbonyl (C=O) groups excluding carboxylic acids is 4. The minimum atomic E-state index is -4.94. The molecule has 402 valence electrons. The molecule has 70 heavy (non-hydrogen) atoms. The van der Waals surface area contributed by atoms with Crippen LogP contribution in [0.25, 0.3) is 0 Å². The number of carbonyl (C=O) groups is 4. The van der Waals surface area contributed by atoms with Crippen LogP contribution in [0.15, 0.2) is 61.2 Å². The predicted octanol–water partition coefficient (Wildman–Crippen LogP) is -0.674. The van der Waals surface area contributed by atoms with E-state index in [9.17, 15) is 19.2 Å². The molecule has 0 bridgehead atoms. The molecule has 0 spiro atoms. The van der Waals surface area contributed by atoms with Crippen LogP contribution in [-0.2, 0) is 32.3 Å². The molecular weight excluding hydrogens is 947 g/mol. The first-order valence-corrected chi connectivity index (χ1v) is 27.9. The number of aromatic nitrogens is 2. The van der Waals surface area contributed by atoms with Gasteiger partial charge in [-0.1, -0.05) is 130 Å². The van der Waals surface area contributed by atoms with Gasteiger partial charge in [0.1, 0.15) is 25.2 Å². The van der Waals surface area contributed by atoms with Crippen molar-refractivity contribution in [2.45, 2.75) is 207 Å². The van der Waals surface area contributed by atoms with Crippen LogP contribution in [0.5, 0.6) is 0 Å². The van der Waals surface area contributed by atoms with Crippen LogP contribution in [0.3, 0.4) is 0 Å². The summed E-state index contributed by atoms with van der Waals surface area (Å²) in [5.74, 6) is -0.205. The second-order valence-electron chi connectivity index (χ2n) is 18.4. The quantitative estimate of drug-likeness (QED) is 0.0484. The molecule has 0 unspecified atom stereocenters. The zero-order valence-corrected chi connectivity index (χ0v) is 43.9. The number of unbranched alkanes of at least 4 members (excludes halogenated alkanes) is 19. The smallest absolute Gasteiger partial charge is 0.242 e. The lowest BCUT2D eigenvalue weighted by atomic mass is 10.0. The number of amides is 4. The standard InChI is InChI=1S/C50H84N6O4.2ClHO4/c1-43(2)47(53-45(57)33-23-15-9-5-7-13-19-27-37-55-39-29-21-30-40-55)49(59)51-35-25-17-11-12-18-26-36-52-50(60)48(44(3)4)54-46(58)34-24-16-10-6-8-14-20-28-38-56-41-31-22-32-42-56;2*2-1(3,4)5/h21-22,29-32,39-44,47-48H,5-20,23-28,33-38H2,1-4H3,(H2-2,51,52,53,54,57,58,59,60);2*(H,2,3,4,5)/t47-,48-;;/m1../s1. The van der Waals surface area contributed by atoms with Gasteiger partial charge >= 0.3 is 0 Å². The lowest BCUT2D eigenvalue weighted by molar-refractivity contribution is -2.00. The molecule has 0 saturated carbocycles. The summed E-state index contributed by atoms with van der Waals surface area (Å²) < 4.78 is 72.4. The van der Waals surface area contributed by atoms with Gasteiger partial charge in [0.15, 0.2) is 24.8 Å². The van der Waals surface area contributed by atoms with E-state index in [4.69, 9.17) is 37.3 Å². The van der Waals surface area contributed by atoms with E-state index in [-0.39, 0.29) is 35.5 Å². The molecule has 0 aliphatic heterocycles. The van der Waals surface area contributed by atoms with Crippen molar-refractivity contribution in [2.24, 2.45) is 11.8 Å². The van der Waals surface area contributed by atoms with Crippen LogP contribution < -0.4 is 67.7 Å². The minimum absolute atomic E-state index is 0.0253. The van der Waals surface area contributed by atoms with Crippen LogP contribution >= 0.6 is 0 Å². The third kappa shape index (κ3) is 45.6. The van der Waals surface area contributed by atoms with Crippen LogP contribution in [0.4, 0.5) is 0 Å². The Morgan fingerprint density at radius 3 is 0.900 bits per heavy atom. The Morgan fingerprint density at radius 2 is 0.629 bits per heavy atom. The average Bonchev–Trinajstić information content (AvgIpc) is 3.28. The molecule has 18 nitrogen and oxygen atoms in total. The van der Waals surface area contributed by atoms with Gasteiger partial charge in [0, 0.05) is 63.0 Å². The van der Waals surface area contributed by atoms with Gasteiger partial charge in [-0.05, 0) is 50.4 Å². The van der Waals surface area contributed by atoms with Gasteiger partial charge in [0.2, 0.25) is 23.6 Å². The van der Waals surface area contributed by atoms with Crippen molar-refractivity contribution in [3.8, 4) is 0 Å². The monoisotopic (exact) mass is 1030 g/mol. The zero-order chi connectivity index (χ0) is 52.5. The third-order valence-corrected chi connectivity index (χ3v) is 11.4. The maximum atomic E-state index is 12.9. The molecule has 4 amide bonds. The maximum absolute atomic E-state index is 12.9. The lowest BCUT2D eigenvalue weighted by Crippen LogP contribution is -2.68. The normalized spacial score (nSPS) is 12.3. The van der Waals surface area contributed by atoms with Gasteiger partial charge < -0.3 is 21.3 Å². The molecule has 0 aromatic carbocycles. The van der Waals surface area contributed by atoms with E-state index in [1.54, 1.807) is 0 Å². The second kappa shape index (κ2) is 42.0. The average molecular weight is 1030 g/mol. The van der Waals surface area contributed by atoms with E-state index < -0.39 is 32.6 Å². The molecule has 2 rings (SSSR count). The van der Waals surface area contributed by atoms with E-state index in [0.29, 0.717) is 25.9 Å². The maximum Gasteiger partial charge on any atom is 0.242 e. The Labute approximate surface area is 422 Å². The number of aryl methyl sites for hydroxylation is 2. The first-order chi connectivity index (χ1) is 33.2. The van der Waals surface area contributed by atoms with Gasteiger partial charge in [-0.15, -0.1) is 20.5 Å². The number of rotatable bonds is 37. The van der Waals surface area contributed by atoms with Gasteiger partial charge in [-0.25, -0.2) is 46.4 Å². The summed E-state index contributed by atoms with van der Waals surface area (Å²) in [7, 11) is -9.89. The topological polar surface area (TPSA) is 309 Å². The number of halogens is 2. The van der Waals surface area contributed by atoms with E-state index >= 15 is 0 Å². The fourth-order valence-corrected chi connectivity index (χ4v) is 7.61. The summed E-state index contributed by atoms with van der Waals surface area (Å²) in [6.07, 6.45) is 34.0. The van der Waals surface area contributed by atoms with E-state index in [0.717, 1.165) is 90.1 Å². The van der Waals surface area contributed by atoms with Crippen LogP contribution in [0, 0.1) is 32.3 Å². The van der Waals surface area contributed by atoms with Crippen LogP contribution in [-0.4, -0.2) is 48.8 Å². The van der Waals surface area contributed by atoms with E-state index in [1.807, 2.05) is 39.8 Å². The summed E-state index contributed by atoms with van der Waals surface area (Å²) in [4.78, 5) is 51.1. The van der Waals surface area contributed by atoms with Crippen molar-refractivity contribution in [2.75, 3.05) is 13.1 Å². The van der Waals surface area contributed by atoms with Crippen molar-refractivity contribution in [1.82, 2.24) is 21.3 Å². The first kappa shape index (κ1) is 66.4. The number of pyridine rings is 2. The molecular formula is C50H86Cl2N6O12. The second-order valence-corrected chi connectivity index (χ2v) is 19.9. The number of hydrogen-bond acceptors (Lipinski definition) is 12. The number of nitrogens with one attached hydrogen (secondary N) is 4. The molecule has 2 aromatic heterocycles. The highest BCUT2D eigenvalue weighted by Crippen LogP contribution is 2.13. The number of hydrogen-bond donors (Lipinski definition) is 4. The number of nitrogens with zero attached hydrogens (tertiary/aromatic N) is 2. The molecule has 4 N–H and O–H groups in total. The Kier molecular flexibility index (Phi) is 39.9. The predicted molar refractivity (Wildman–Crippen MR) is 244 cm³/mol.